The van der Waals surface area contributed by atoms with Gasteiger partial charge in [0.15, 0.2) is 0 Å². The Morgan fingerprint density at radius 3 is 2.58 bits per heavy atom. The van der Waals surface area contributed by atoms with E-state index in [2.05, 4.69) is 17.1 Å². The fourth-order valence-corrected chi connectivity index (χ4v) is 5.79. The maximum atomic E-state index is 13.5. The Balaban J connectivity index is 1.21. The zero-order valence-electron chi connectivity index (χ0n) is 21.1. The van der Waals surface area contributed by atoms with Gasteiger partial charge in [-0.15, -0.1) is 0 Å². The fourth-order valence-electron chi connectivity index (χ4n) is 5.79. The van der Waals surface area contributed by atoms with Crippen molar-refractivity contribution < 1.29 is 14.4 Å². The van der Waals surface area contributed by atoms with E-state index in [1.54, 1.807) is 15.9 Å². The third-order valence-electron chi connectivity index (χ3n) is 7.90. The SMILES string of the molecule is C[C@H]1CCCCN1CCCNC(=O)c1ccc(CN2C(=O)[C@@H]3CCCN3C(=O)c3ccccc32)cc1. The molecular weight excluding hydrogens is 452 g/mol. The summed E-state index contributed by atoms with van der Waals surface area (Å²) >= 11 is 0. The number of rotatable bonds is 7. The number of benzene rings is 2. The Kier molecular flexibility index (Phi) is 7.37. The highest BCUT2D eigenvalue weighted by molar-refractivity contribution is 6.11. The summed E-state index contributed by atoms with van der Waals surface area (Å²) in [5, 5.41) is 3.04. The monoisotopic (exact) mass is 488 g/mol. The molecule has 0 unspecified atom stereocenters. The number of hydrogen-bond donors (Lipinski definition) is 1. The van der Waals surface area contributed by atoms with E-state index in [9.17, 15) is 14.4 Å². The highest BCUT2D eigenvalue weighted by atomic mass is 16.2. The average molecular weight is 489 g/mol. The second-order valence-electron chi connectivity index (χ2n) is 10.3. The number of carbonyl (C=O) groups excluding carboxylic acids is 3. The van der Waals surface area contributed by atoms with E-state index in [0.29, 0.717) is 48.9 Å². The van der Waals surface area contributed by atoms with Gasteiger partial charge in [-0.05, 0) is 75.4 Å². The molecule has 0 saturated carbocycles. The molecule has 3 aliphatic heterocycles. The average Bonchev–Trinajstić information content (AvgIpc) is 3.38. The van der Waals surface area contributed by atoms with Crippen molar-refractivity contribution in [3.05, 3.63) is 65.2 Å². The van der Waals surface area contributed by atoms with Gasteiger partial charge < -0.3 is 20.0 Å². The van der Waals surface area contributed by atoms with Crippen molar-refractivity contribution in [3.8, 4) is 0 Å². The number of anilines is 1. The molecule has 3 aliphatic rings. The van der Waals surface area contributed by atoms with Crippen LogP contribution in [0.25, 0.3) is 0 Å². The Labute approximate surface area is 213 Å². The number of amides is 3. The largest absolute Gasteiger partial charge is 0.352 e. The lowest BCUT2D eigenvalue weighted by Crippen LogP contribution is -2.44. The molecule has 2 atom stereocenters. The minimum atomic E-state index is -0.400. The molecule has 190 valence electrons. The van der Waals surface area contributed by atoms with Crippen LogP contribution in [0.1, 0.15) is 71.7 Å². The quantitative estimate of drug-likeness (QED) is 0.602. The second-order valence-corrected chi connectivity index (χ2v) is 10.3. The number of nitrogens with zero attached hydrogens (tertiary/aromatic N) is 3. The molecule has 2 saturated heterocycles. The van der Waals surface area contributed by atoms with Gasteiger partial charge in [-0.2, -0.15) is 0 Å². The minimum Gasteiger partial charge on any atom is -0.352 e. The molecule has 36 heavy (non-hydrogen) atoms. The number of fused-ring (bicyclic) bond motifs is 2. The molecule has 7 heteroatoms. The summed E-state index contributed by atoms with van der Waals surface area (Å²) in [6.07, 6.45) is 6.35. The molecule has 0 aliphatic carbocycles. The van der Waals surface area contributed by atoms with Gasteiger partial charge in [0.2, 0.25) is 5.91 Å². The molecular formula is C29H36N4O3. The van der Waals surface area contributed by atoms with Crippen molar-refractivity contribution in [3.63, 3.8) is 0 Å². The molecule has 2 fully saturated rings. The first-order chi connectivity index (χ1) is 17.5. The van der Waals surface area contributed by atoms with Crippen molar-refractivity contribution in [2.24, 2.45) is 0 Å². The maximum Gasteiger partial charge on any atom is 0.256 e. The summed E-state index contributed by atoms with van der Waals surface area (Å²) in [6, 6.07) is 15.0. The van der Waals surface area contributed by atoms with E-state index in [0.717, 1.165) is 31.5 Å². The van der Waals surface area contributed by atoms with Gasteiger partial charge in [-0.25, -0.2) is 0 Å². The lowest BCUT2D eigenvalue weighted by molar-refractivity contribution is -0.122. The van der Waals surface area contributed by atoms with Crippen LogP contribution in [0.5, 0.6) is 0 Å². The van der Waals surface area contributed by atoms with Crippen LogP contribution in [0.3, 0.4) is 0 Å². The normalized spacial score (nSPS) is 22.2. The predicted octanol–water partition coefficient (Wildman–Crippen LogP) is 3.83. The van der Waals surface area contributed by atoms with E-state index in [4.69, 9.17) is 0 Å². The van der Waals surface area contributed by atoms with Crippen LogP contribution >= 0.6 is 0 Å². The van der Waals surface area contributed by atoms with Crippen LogP contribution < -0.4 is 10.2 Å². The molecule has 0 radical (unpaired) electrons. The summed E-state index contributed by atoms with van der Waals surface area (Å²) in [5.41, 5.74) is 2.77. The first-order valence-electron chi connectivity index (χ1n) is 13.4. The van der Waals surface area contributed by atoms with Crippen molar-refractivity contribution in [2.45, 2.75) is 64.1 Å². The van der Waals surface area contributed by atoms with Crippen molar-refractivity contribution in [1.82, 2.24) is 15.1 Å². The zero-order valence-corrected chi connectivity index (χ0v) is 21.1. The molecule has 0 aromatic heterocycles. The van der Waals surface area contributed by atoms with E-state index in [-0.39, 0.29) is 17.7 Å². The number of likely N-dealkylation sites (tertiary alicyclic amines) is 1. The molecule has 5 rings (SSSR count). The Morgan fingerprint density at radius 1 is 0.972 bits per heavy atom. The standard InChI is InChI=1S/C29H36N4O3/c1-21-8-4-5-17-31(21)18-7-16-30-27(34)23-14-12-22(13-15-23)20-33-25-10-3-2-9-24(25)28(35)32-19-6-11-26(32)29(33)36/h2-3,9-10,12-15,21,26H,4-8,11,16-20H2,1H3,(H,30,34)/t21-,26-/m0/s1. The molecule has 0 spiro atoms. The van der Waals surface area contributed by atoms with Gasteiger partial charge >= 0.3 is 0 Å². The van der Waals surface area contributed by atoms with Gasteiger partial charge in [0, 0.05) is 31.2 Å². The Hall–Kier alpha value is -3.19. The van der Waals surface area contributed by atoms with Crippen molar-refractivity contribution in [2.75, 3.05) is 31.1 Å². The lowest BCUT2D eigenvalue weighted by Gasteiger charge is -2.33. The molecule has 1 N–H and O–H groups in total. The molecule has 3 amide bonds. The first-order valence-corrected chi connectivity index (χ1v) is 13.4. The number of para-hydroxylation sites is 1. The van der Waals surface area contributed by atoms with Crippen LogP contribution in [0.15, 0.2) is 48.5 Å². The highest BCUT2D eigenvalue weighted by Crippen LogP contribution is 2.33. The van der Waals surface area contributed by atoms with Gasteiger partial charge in [0.05, 0.1) is 17.8 Å². The van der Waals surface area contributed by atoms with Gasteiger partial charge in [0.25, 0.3) is 11.8 Å². The highest BCUT2D eigenvalue weighted by Gasteiger charge is 2.41. The van der Waals surface area contributed by atoms with Crippen LogP contribution in [0, 0.1) is 0 Å². The van der Waals surface area contributed by atoms with Crippen LogP contribution in [0.2, 0.25) is 0 Å². The van der Waals surface area contributed by atoms with E-state index < -0.39 is 6.04 Å². The summed E-state index contributed by atoms with van der Waals surface area (Å²) in [4.78, 5) is 45.2. The smallest absolute Gasteiger partial charge is 0.256 e. The van der Waals surface area contributed by atoms with E-state index in [1.807, 2.05) is 42.5 Å². The summed E-state index contributed by atoms with van der Waals surface area (Å²) in [5.74, 6) is -0.169. The number of piperidine rings is 1. The van der Waals surface area contributed by atoms with Crippen molar-refractivity contribution in [1.29, 1.82) is 0 Å². The van der Waals surface area contributed by atoms with Crippen LogP contribution in [-0.2, 0) is 11.3 Å². The molecule has 2 aromatic rings. The summed E-state index contributed by atoms with van der Waals surface area (Å²) < 4.78 is 0. The predicted molar refractivity (Wildman–Crippen MR) is 140 cm³/mol. The van der Waals surface area contributed by atoms with Gasteiger partial charge in [0.1, 0.15) is 6.04 Å². The third-order valence-corrected chi connectivity index (χ3v) is 7.90. The number of nitrogens with one attached hydrogen (secondary N) is 1. The lowest BCUT2D eigenvalue weighted by atomic mass is 10.0. The van der Waals surface area contributed by atoms with E-state index >= 15 is 0 Å². The summed E-state index contributed by atoms with van der Waals surface area (Å²) in [7, 11) is 0. The van der Waals surface area contributed by atoms with Crippen LogP contribution in [0.4, 0.5) is 5.69 Å². The van der Waals surface area contributed by atoms with Gasteiger partial charge in [-0.3, -0.25) is 14.4 Å². The van der Waals surface area contributed by atoms with Gasteiger partial charge in [-0.1, -0.05) is 30.7 Å². The number of hydrogen-bond acceptors (Lipinski definition) is 4. The maximum absolute atomic E-state index is 13.5. The molecule has 3 heterocycles. The Morgan fingerprint density at radius 2 is 1.78 bits per heavy atom. The minimum absolute atomic E-state index is 0.0318. The third kappa shape index (κ3) is 5.03. The molecule has 2 aromatic carbocycles. The topological polar surface area (TPSA) is 73.0 Å². The fraction of sp³-hybridized carbons (Fsp3) is 0.483. The molecule has 0 bridgehead atoms. The summed E-state index contributed by atoms with van der Waals surface area (Å²) in [6.45, 7) is 6.12. The number of carbonyl (C=O) groups is 3. The second kappa shape index (κ2) is 10.8. The Bertz CT molecular complexity index is 1120. The molecule has 7 nitrogen and oxygen atoms in total. The van der Waals surface area contributed by atoms with Crippen LogP contribution in [-0.4, -0.2) is 65.8 Å². The van der Waals surface area contributed by atoms with E-state index in [1.165, 1.54) is 19.3 Å². The van der Waals surface area contributed by atoms with Crippen molar-refractivity contribution >= 4 is 23.4 Å². The zero-order chi connectivity index (χ0) is 25.1. The first kappa shape index (κ1) is 24.5.